The molecule has 5 rings (SSSR count). The number of imidazole rings is 1. The Morgan fingerprint density at radius 2 is 1.94 bits per heavy atom. The van der Waals surface area contributed by atoms with Crippen molar-refractivity contribution in [3.05, 3.63) is 70.6 Å². The summed E-state index contributed by atoms with van der Waals surface area (Å²) < 4.78 is 19.9. The summed E-state index contributed by atoms with van der Waals surface area (Å²) in [6.07, 6.45) is 3.91. The molecule has 1 aliphatic carbocycles. The summed E-state index contributed by atoms with van der Waals surface area (Å²) in [5.74, 6) is -1.14. The van der Waals surface area contributed by atoms with Crippen LogP contribution in [0.3, 0.4) is 0 Å². The second kappa shape index (κ2) is 7.18. The summed E-state index contributed by atoms with van der Waals surface area (Å²) >= 11 is 0. The Hall–Kier alpha value is -3.65. The van der Waals surface area contributed by atoms with E-state index in [9.17, 15) is 9.59 Å². The Balaban J connectivity index is 1.67. The maximum atomic E-state index is 13.2. The number of amides is 1. The fourth-order valence-electron chi connectivity index (χ4n) is 4.50. The molecule has 8 nitrogen and oxygen atoms in total. The lowest BCUT2D eigenvalue weighted by atomic mass is 9.89. The maximum Gasteiger partial charge on any atom is 0.340 e. The molecule has 0 fully saturated rings. The molecule has 1 aliphatic heterocycles. The van der Waals surface area contributed by atoms with Gasteiger partial charge in [-0.2, -0.15) is 0 Å². The standard InChI is InChI=1S/C25H25N3O5/c1-14-7-5-6-8-18(14)25(31-4)10-9-16-17(22(29)33-24(11-12-24)23(26)30)13-19-20(21(16)32-25)27-15(2)28(19)3/h5-8,11-13H,9-10H2,1-4H3,(H2,26,30). The minimum atomic E-state index is -1.45. The molecule has 2 aliphatic rings. The summed E-state index contributed by atoms with van der Waals surface area (Å²) in [5, 5.41) is 0. The third-order valence-electron chi connectivity index (χ3n) is 6.65. The first kappa shape index (κ1) is 21.2. The average Bonchev–Trinajstić information content (AvgIpc) is 3.53. The molecule has 1 atom stereocenters. The number of primary amides is 1. The van der Waals surface area contributed by atoms with Crippen LogP contribution in [0, 0.1) is 13.8 Å². The number of aryl methyl sites for hydroxylation is 3. The van der Waals surface area contributed by atoms with Crippen LogP contribution in [0.2, 0.25) is 0 Å². The van der Waals surface area contributed by atoms with E-state index in [0.29, 0.717) is 40.8 Å². The average molecular weight is 447 g/mol. The van der Waals surface area contributed by atoms with Crippen molar-refractivity contribution >= 4 is 22.9 Å². The van der Waals surface area contributed by atoms with Crippen LogP contribution in [-0.4, -0.2) is 34.1 Å². The number of nitrogens with two attached hydrogens (primary N) is 1. The van der Waals surface area contributed by atoms with Gasteiger partial charge in [-0.05, 0) is 44.1 Å². The number of nitrogens with zero attached hydrogens (tertiary/aromatic N) is 2. The molecule has 8 heteroatoms. The zero-order valence-electron chi connectivity index (χ0n) is 19.0. The quantitative estimate of drug-likeness (QED) is 0.476. The third-order valence-corrected chi connectivity index (χ3v) is 6.65. The monoisotopic (exact) mass is 447 g/mol. The van der Waals surface area contributed by atoms with E-state index in [1.165, 1.54) is 12.2 Å². The van der Waals surface area contributed by atoms with Crippen molar-refractivity contribution in [2.45, 2.75) is 38.1 Å². The minimum Gasteiger partial charge on any atom is -0.455 e. The zero-order valence-corrected chi connectivity index (χ0v) is 19.0. The predicted molar refractivity (Wildman–Crippen MR) is 121 cm³/mol. The number of hydrogen-bond acceptors (Lipinski definition) is 6. The number of ether oxygens (including phenoxy) is 3. The highest BCUT2D eigenvalue weighted by Crippen LogP contribution is 2.46. The number of benzene rings is 2. The highest BCUT2D eigenvalue weighted by molar-refractivity contribution is 6.02. The highest BCUT2D eigenvalue weighted by atomic mass is 16.7. The first-order valence-electron chi connectivity index (χ1n) is 10.7. The van der Waals surface area contributed by atoms with Crippen LogP contribution in [0.5, 0.6) is 5.75 Å². The normalized spacial score (nSPS) is 20.2. The molecule has 3 aromatic rings. The number of fused-ring (bicyclic) bond motifs is 3. The van der Waals surface area contributed by atoms with E-state index < -0.39 is 23.3 Å². The van der Waals surface area contributed by atoms with Crippen LogP contribution in [0.25, 0.3) is 11.0 Å². The molecule has 2 heterocycles. The zero-order chi connectivity index (χ0) is 23.5. The van der Waals surface area contributed by atoms with E-state index in [1.54, 1.807) is 13.2 Å². The predicted octanol–water partition coefficient (Wildman–Crippen LogP) is 2.97. The van der Waals surface area contributed by atoms with Crippen molar-refractivity contribution < 1.29 is 23.8 Å². The molecule has 0 saturated carbocycles. The molecule has 1 unspecified atom stereocenters. The molecular formula is C25H25N3O5. The Morgan fingerprint density at radius 3 is 2.58 bits per heavy atom. The van der Waals surface area contributed by atoms with E-state index in [1.807, 2.05) is 49.7 Å². The highest BCUT2D eigenvalue weighted by Gasteiger charge is 2.47. The van der Waals surface area contributed by atoms with Gasteiger partial charge in [0.15, 0.2) is 5.75 Å². The Bertz CT molecular complexity index is 1350. The van der Waals surface area contributed by atoms with Crippen molar-refractivity contribution in [2.24, 2.45) is 12.8 Å². The number of carbonyl (C=O) groups excluding carboxylic acids is 2. The largest absolute Gasteiger partial charge is 0.455 e. The Labute approximate surface area is 190 Å². The number of hydrogen-bond donors (Lipinski definition) is 1. The molecule has 0 bridgehead atoms. The van der Waals surface area contributed by atoms with Gasteiger partial charge < -0.3 is 24.5 Å². The van der Waals surface area contributed by atoms with Crippen LogP contribution in [0.4, 0.5) is 0 Å². The molecule has 2 N–H and O–H groups in total. The van der Waals surface area contributed by atoms with Crippen molar-refractivity contribution in [2.75, 3.05) is 7.11 Å². The lowest BCUT2D eigenvalue weighted by Gasteiger charge is -2.39. The fraction of sp³-hybridized carbons (Fsp3) is 0.320. The molecule has 0 saturated heterocycles. The van der Waals surface area contributed by atoms with Gasteiger partial charge in [0, 0.05) is 31.7 Å². The number of aromatic nitrogens is 2. The van der Waals surface area contributed by atoms with E-state index >= 15 is 0 Å². The van der Waals surface area contributed by atoms with Crippen LogP contribution in [0.15, 0.2) is 42.5 Å². The van der Waals surface area contributed by atoms with Gasteiger partial charge in [-0.25, -0.2) is 9.78 Å². The van der Waals surface area contributed by atoms with Gasteiger partial charge in [0.25, 0.3) is 5.91 Å². The molecule has 33 heavy (non-hydrogen) atoms. The van der Waals surface area contributed by atoms with Crippen LogP contribution in [0.1, 0.15) is 39.3 Å². The Kier molecular flexibility index (Phi) is 4.61. The van der Waals surface area contributed by atoms with E-state index in [-0.39, 0.29) is 0 Å². The van der Waals surface area contributed by atoms with Crippen molar-refractivity contribution in [1.29, 1.82) is 0 Å². The van der Waals surface area contributed by atoms with Crippen LogP contribution >= 0.6 is 0 Å². The van der Waals surface area contributed by atoms with Gasteiger partial charge in [0.05, 0.1) is 11.1 Å². The van der Waals surface area contributed by atoms with Crippen molar-refractivity contribution in [1.82, 2.24) is 9.55 Å². The van der Waals surface area contributed by atoms with Crippen LogP contribution in [-0.2, 0) is 33.5 Å². The summed E-state index contributed by atoms with van der Waals surface area (Å²) in [6, 6.07) is 9.65. The molecule has 0 radical (unpaired) electrons. The smallest absolute Gasteiger partial charge is 0.340 e. The van der Waals surface area contributed by atoms with Gasteiger partial charge in [-0.15, -0.1) is 0 Å². The maximum absolute atomic E-state index is 13.2. The SMILES string of the molecule is COC1(c2ccccc2C)CCc2c(C(=O)OC3(C(N)=O)C=C3)cc3c(nc(C)n3C)c2O1. The lowest BCUT2D eigenvalue weighted by Crippen LogP contribution is -2.40. The molecular weight excluding hydrogens is 422 g/mol. The summed E-state index contributed by atoms with van der Waals surface area (Å²) in [7, 11) is 3.49. The molecule has 2 aromatic carbocycles. The number of carbonyl (C=O) groups is 2. The van der Waals surface area contributed by atoms with Crippen molar-refractivity contribution in [3.63, 3.8) is 0 Å². The van der Waals surface area contributed by atoms with E-state index in [0.717, 1.165) is 17.0 Å². The second-order valence-corrected chi connectivity index (χ2v) is 8.57. The van der Waals surface area contributed by atoms with Gasteiger partial charge in [-0.3, -0.25) is 4.79 Å². The molecule has 0 spiro atoms. The van der Waals surface area contributed by atoms with Gasteiger partial charge in [0.1, 0.15) is 11.3 Å². The topological polar surface area (TPSA) is 106 Å². The molecule has 170 valence electrons. The first-order valence-corrected chi connectivity index (χ1v) is 10.7. The number of methoxy groups -OCH3 is 1. The summed E-state index contributed by atoms with van der Waals surface area (Å²) in [6.45, 7) is 3.89. The van der Waals surface area contributed by atoms with Crippen molar-refractivity contribution in [3.8, 4) is 5.75 Å². The van der Waals surface area contributed by atoms with Gasteiger partial charge in [0.2, 0.25) is 11.4 Å². The van der Waals surface area contributed by atoms with Crippen LogP contribution < -0.4 is 10.5 Å². The van der Waals surface area contributed by atoms with Gasteiger partial charge >= 0.3 is 5.97 Å². The summed E-state index contributed by atoms with van der Waals surface area (Å²) in [4.78, 5) is 29.7. The Morgan fingerprint density at radius 1 is 1.21 bits per heavy atom. The minimum absolute atomic E-state index is 0.323. The molecule has 1 aromatic heterocycles. The molecule has 1 amide bonds. The van der Waals surface area contributed by atoms with E-state index in [4.69, 9.17) is 24.9 Å². The number of rotatable bonds is 5. The summed E-state index contributed by atoms with van der Waals surface area (Å²) in [5.41, 5.74) is 8.27. The first-order chi connectivity index (χ1) is 15.7. The van der Waals surface area contributed by atoms with E-state index in [2.05, 4.69) is 0 Å². The second-order valence-electron chi connectivity index (χ2n) is 8.57. The van der Waals surface area contributed by atoms with Gasteiger partial charge in [-0.1, -0.05) is 24.3 Å². The third kappa shape index (κ3) is 3.13. The fourth-order valence-corrected chi connectivity index (χ4v) is 4.50. The number of esters is 1. The lowest BCUT2D eigenvalue weighted by molar-refractivity contribution is -0.183.